The smallest absolute Gasteiger partial charge is 0.0547 e. The van der Waals surface area contributed by atoms with Crippen molar-refractivity contribution < 1.29 is 0 Å². The summed E-state index contributed by atoms with van der Waals surface area (Å²) in [6.07, 6.45) is 0. The monoisotopic (exact) mass is 523 g/mol. The molecule has 1 aromatic heterocycles. The van der Waals surface area contributed by atoms with Crippen LogP contribution in [0.4, 0.5) is 0 Å². The molecule has 0 amide bonds. The average molecular weight is 524 g/mol. The number of aromatic nitrogens is 1. The van der Waals surface area contributed by atoms with Crippen molar-refractivity contribution in [1.82, 2.24) is 4.57 Å². The van der Waals surface area contributed by atoms with Gasteiger partial charge >= 0.3 is 0 Å². The fourth-order valence-corrected chi connectivity index (χ4v) is 5.89. The van der Waals surface area contributed by atoms with Crippen molar-refractivity contribution in [1.29, 1.82) is 0 Å². The van der Waals surface area contributed by atoms with Gasteiger partial charge in [-0.2, -0.15) is 0 Å². The van der Waals surface area contributed by atoms with Crippen LogP contribution in [0.1, 0.15) is 0 Å². The maximum absolute atomic E-state index is 3.72. The van der Waals surface area contributed by atoms with Crippen LogP contribution in [0.3, 0.4) is 0 Å². The van der Waals surface area contributed by atoms with Gasteiger partial charge in [-0.15, -0.1) is 0 Å². The minimum Gasteiger partial charge on any atom is -0.309 e. The molecule has 6 aromatic carbocycles. The number of nitrogens with zero attached hydrogens (tertiary/aromatic N) is 1. The van der Waals surface area contributed by atoms with Crippen molar-refractivity contribution in [2.75, 3.05) is 0 Å². The predicted octanol–water partition coefficient (Wildman–Crippen LogP) is 10.0. The highest BCUT2D eigenvalue weighted by Gasteiger charge is 2.15. The van der Waals surface area contributed by atoms with Gasteiger partial charge in [0.05, 0.1) is 16.7 Å². The second-order valence-electron chi connectivity index (χ2n) is 9.14. The van der Waals surface area contributed by atoms with Crippen LogP contribution in [-0.4, -0.2) is 4.57 Å². The zero-order chi connectivity index (χ0) is 24.1. The van der Waals surface area contributed by atoms with E-state index < -0.39 is 0 Å². The summed E-state index contributed by atoms with van der Waals surface area (Å²) in [6.45, 7) is 0. The first-order valence-electron chi connectivity index (χ1n) is 12.1. The molecular weight excluding hydrogens is 502 g/mol. The Labute approximate surface area is 218 Å². The summed E-state index contributed by atoms with van der Waals surface area (Å²) in [7, 11) is 0. The van der Waals surface area contributed by atoms with E-state index in [2.05, 4.69) is 154 Å². The Bertz CT molecular complexity index is 1910. The molecule has 0 aliphatic carbocycles. The van der Waals surface area contributed by atoms with Crippen LogP contribution in [0.25, 0.3) is 60.5 Å². The minimum absolute atomic E-state index is 1.11. The molecule has 0 saturated heterocycles. The number of hydrogen-bond acceptors (Lipinski definition) is 0. The number of para-hydroxylation sites is 1. The zero-order valence-corrected chi connectivity index (χ0v) is 21.1. The van der Waals surface area contributed by atoms with Crippen LogP contribution >= 0.6 is 15.9 Å². The Morgan fingerprint density at radius 3 is 2.03 bits per heavy atom. The Balaban J connectivity index is 1.49. The molecule has 0 spiro atoms. The molecule has 0 aliphatic heterocycles. The van der Waals surface area contributed by atoms with E-state index in [1.807, 2.05) is 0 Å². The number of benzene rings is 6. The molecule has 7 rings (SSSR count). The fraction of sp³-hybridized carbons (Fsp3) is 0. The van der Waals surface area contributed by atoms with Crippen LogP contribution < -0.4 is 0 Å². The summed E-state index contributed by atoms with van der Waals surface area (Å²) in [5.74, 6) is 0. The van der Waals surface area contributed by atoms with E-state index in [1.54, 1.807) is 0 Å². The summed E-state index contributed by atoms with van der Waals surface area (Å²) in [6, 6.07) is 48.0. The molecule has 0 saturated carbocycles. The molecule has 0 radical (unpaired) electrons. The maximum Gasteiger partial charge on any atom is 0.0547 e. The Kier molecular flexibility index (Phi) is 5.00. The van der Waals surface area contributed by atoms with E-state index in [4.69, 9.17) is 0 Å². The molecule has 0 bridgehead atoms. The molecule has 2 heteroatoms. The first-order chi connectivity index (χ1) is 17.8. The molecule has 0 fully saturated rings. The normalized spacial score (nSPS) is 11.5. The fourth-order valence-electron chi connectivity index (χ4n) is 5.37. The van der Waals surface area contributed by atoms with Crippen molar-refractivity contribution in [3.63, 3.8) is 0 Å². The molecule has 0 aliphatic rings. The second-order valence-corrected chi connectivity index (χ2v) is 10.00. The quantitative estimate of drug-likeness (QED) is 0.217. The SMILES string of the molecule is Brc1ccccc1-c1cccc(-c2ccc3c4ccccc4n(-c4cccc5ccccc45)c3c2)c1. The van der Waals surface area contributed by atoms with Crippen LogP contribution in [-0.2, 0) is 0 Å². The number of hydrogen-bond donors (Lipinski definition) is 0. The lowest BCUT2D eigenvalue weighted by molar-refractivity contribution is 1.20. The third kappa shape index (κ3) is 3.37. The van der Waals surface area contributed by atoms with Gasteiger partial charge in [-0.05, 0) is 58.0 Å². The second kappa shape index (κ2) is 8.51. The van der Waals surface area contributed by atoms with Crippen molar-refractivity contribution in [3.05, 3.63) is 138 Å². The van der Waals surface area contributed by atoms with Gasteiger partial charge in [0.1, 0.15) is 0 Å². The van der Waals surface area contributed by atoms with Crippen LogP contribution in [0.15, 0.2) is 138 Å². The molecule has 36 heavy (non-hydrogen) atoms. The molecule has 0 atom stereocenters. The van der Waals surface area contributed by atoms with E-state index in [1.165, 1.54) is 60.5 Å². The number of halogens is 1. The topological polar surface area (TPSA) is 4.93 Å². The van der Waals surface area contributed by atoms with Gasteiger partial charge in [0.2, 0.25) is 0 Å². The summed E-state index contributed by atoms with van der Waals surface area (Å²) in [5, 5.41) is 5.04. The summed E-state index contributed by atoms with van der Waals surface area (Å²) >= 11 is 3.72. The van der Waals surface area contributed by atoms with E-state index >= 15 is 0 Å². The van der Waals surface area contributed by atoms with Gasteiger partial charge in [-0.25, -0.2) is 0 Å². The maximum atomic E-state index is 3.72. The van der Waals surface area contributed by atoms with E-state index in [9.17, 15) is 0 Å². The number of fused-ring (bicyclic) bond motifs is 4. The summed E-state index contributed by atoms with van der Waals surface area (Å²) < 4.78 is 3.53. The highest BCUT2D eigenvalue weighted by Crippen LogP contribution is 2.37. The standard InChI is InChI=1S/C34H22BrN/c35-31-16-5-3-13-27(31)26-12-7-11-24(21-26)25-19-20-30-29-15-4-6-17-33(29)36(34(30)22-25)32-18-8-10-23-9-1-2-14-28(23)32/h1-22H. The van der Waals surface area contributed by atoms with Crippen LogP contribution in [0, 0.1) is 0 Å². The van der Waals surface area contributed by atoms with E-state index in [-0.39, 0.29) is 0 Å². The van der Waals surface area contributed by atoms with Crippen molar-refractivity contribution in [3.8, 4) is 27.9 Å². The molecule has 0 N–H and O–H groups in total. The van der Waals surface area contributed by atoms with Gasteiger partial charge < -0.3 is 4.57 Å². The van der Waals surface area contributed by atoms with Crippen molar-refractivity contribution >= 4 is 48.5 Å². The van der Waals surface area contributed by atoms with Crippen molar-refractivity contribution in [2.24, 2.45) is 0 Å². The first-order valence-corrected chi connectivity index (χ1v) is 12.9. The zero-order valence-electron chi connectivity index (χ0n) is 19.5. The minimum atomic E-state index is 1.11. The van der Waals surface area contributed by atoms with Crippen LogP contribution in [0.5, 0.6) is 0 Å². The third-order valence-corrected chi connectivity index (χ3v) is 7.75. The predicted molar refractivity (Wildman–Crippen MR) is 157 cm³/mol. The van der Waals surface area contributed by atoms with Gasteiger partial charge in [0.15, 0.2) is 0 Å². The lowest BCUT2D eigenvalue weighted by Gasteiger charge is -2.12. The highest BCUT2D eigenvalue weighted by atomic mass is 79.9. The lowest BCUT2D eigenvalue weighted by atomic mass is 9.98. The van der Waals surface area contributed by atoms with E-state index in [0.29, 0.717) is 0 Å². The summed E-state index contributed by atoms with van der Waals surface area (Å²) in [4.78, 5) is 0. The van der Waals surface area contributed by atoms with Gasteiger partial charge in [0, 0.05) is 20.6 Å². The molecule has 7 aromatic rings. The molecule has 0 unspecified atom stereocenters. The van der Waals surface area contributed by atoms with Gasteiger partial charge in [0.25, 0.3) is 0 Å². The summed E-state index contributed by atoms with van der Waals surface area (Å²) in [5.41, 5.74) is 8.47. The largest absolute Gasteiger partial charge is 0.309 e. The molecule has 1 heterocycles. The van der Waals surface area contributed by atoms with Crippen molar-refractivity contribution in [2.45, 2.75) is 0 Å². The molecule has 1 nitrogen and oxygen atoms in total. The highest BCUT2D eigenvalue weighted by molar-refractivity contribution is 9.10. The molecule has 170 valence electrons. The van der Waals surface area contributed by atoms with Crippen LogP contribution in [0.2, 0.25) is 0 Å². The third-order valence-electron chi connectivity index (χ3n) is 7.06. The Hall–Kier alpha value is -4.14. The first kappa shape index (κ1) is 21.2. The van der Waals surface area contributed by atoms with E-state index in [0.717, 1.165) is 4.47 Å². The number of rotatable bonds is 3. The van der Waals surface area contributed by atoms with Gasteiger partial charge in [-0.3, -0.25) is 0 Å². The average Bonchev–Trinajstić information content (AvgIpc) is 3.26. The lowest BCUT2D eigenvalue weighted by Crippen LogP contribution is -1.95. The Morgan fingerprint density at radius 2 is 1.11 bits per heavy atom. The Morgan fingerprint density at radius 1 is 0.444 bits per heavy atom. The molecular formula is C34H22BrN. The van der Waals surface area contributed by atoms with Gasteiger partial charge in [-0.1, -0.05) is 119 Å².